The van der Waals surface area contributed by atoms with E-state index in [1.807, 2.05) is 47.8 Å². The molecule has 128 valence electrons. The van der Waals surface area contributed by atoms with E-state index in [-0.39, 0.29) is 24.9 Å². The second kappa shape index (κ2) is 6.68. The van der Waals surface area contributed by atoms with Gasteiger partial charge in [-0.25, -0.2) is 9.48 Å². The molecule has 0 saturated heterocycles. The summed E-state index contributed by atoms with van der Waals surface area (Å²) in [6.45, 7) is 0.0132. The Labute approximate surface area is 148 Å². The Morgan fingerprint density at radius 1 is 1.20 bits per heavy atom. The lowest BCUT2D eigenvalue weighted by Gasteiger charge is -2.04. The Hall–Kier alpha value is -2.67. The molecule has 0 spiro atoms. The minimum atomic E-state index is -0.468. The highest BCUT2D eigenvalue weighted by Gasteiger charge is 2.31. The standard InChI is InChI=1S/C18H17N3O3S/c22-16(24-12-13-5-2-1-3-6-13)11-20-18(23)21(14-8-9-14)17(19-20)15-7-4-10-25-15/h1-7,10,14H,8-9,11-12H2. The number of benzene rings is 1. The lowest BCUT2D eigenvalue weighted by Crippen LogP contribution is -2.28. The second-order valence-corrected chi connectivity index (χ2v) is 6.94. The zero-order valence-corrected chi connectivity index (χ0v) is 14.3. The van der Waals surface area contributed by atoms with Crippen LogP contribution in [0.15, 0.2) is 52.6 Å². The van der Waals surface area contributed by atoms with Crippen molar-refractivity contribution in [3.05, 3.63) is 63.9 Å². The fourth-order valence-electron chi connectivity index (χ4n) is 2.66. The number of esters is 1. The Morgan fingerprint density at radius 2 is 2.00 bits per heavy atom. The Kier molecular flexibility index (Phi) is 4.23. The smallest absolute Gasteiger partial charge is 0.347 e. The third kappa shape index (κ3) is 3.41. The van der Waals surface area contributed by atoms with Gasteiger partial charge in [-0.1, -0.05) is 36.4 Å². The summed E-state index contributed by atoms with van der Waals surface area (Å²) in [7, 11) is 0. The minimum absolute atomic E-state index is 0.177. The monoisotopic (exact) mass is 355 g/mol. The van der Waals surface area contributed by atoms with E-state index in [0.717, 1.165) is 23.3 Å². The molecule has 3 aromatic rings. The summed E-state index contributed by atoms with van der Waals surface area (Å²) in [4.78, 5) is 25.7. The van der Waals surface area contributed by atoms with Crippen molar-refractivity contribution in [2.45, 2.75) is 32.0 Å². The van der Waals surface area contributed by atoms with Crippen LogP contribution in [0.25, 0.3) is 10.7 Å². The SMILES string of the molecule is O=C(Cn1nc(-c2cccs2)n(C2CC2)c1=O)OCc1ccccc1. The highest BCUT2D eigenvalue weighted by molar-refractivity contribution is 7.13. The molecule has 0 atom stereocenters. The van der Waals surface area contributed by atoms with Crippen LogP contribution in [0.1, 0.15) is 24.4 Å². The number of rotatable bonds is 6. The molecule has 1 fully saturated rings. The molecule has 1 aliphatic carbocycles. The van der Waals surface area contributed by atoms with Crippen molar-refractivity contribution in [2.24, 2.45) is 0 Å². The van der Waals surface area contributed by atoms with Crippen LogP contribution < -0.4 is 5.69 Å². The molecule has 1 aromatic carbocycles. The summed E-state index contributed by atoms with van der Waals surface area (Å²) < 4.78 is 8.17. The van der Waals surface area contributed by atoms with Gasteiger partial charge in [0.2, 0.25) is 0 Å². The van der Waals surface area contributed by atoms with Crippen LogP contribution in [-0.4, -0.2) is 20.3 Å². The predicted molar refractivity (Wildman–Crippen MR) is 94.3 cm³/mol. The highest BCUT2D eigenvalue weighted by Crippen LogP contribution is 2.37. The number of hydrogen-bond donors (Lipinski definition) is 0. The van der Waals surface area contributed by atoms with Crippen molar-refractivity contribution in [3.63, 3.8) is 0 Å². The first-order valence-corrected chi connectivity index (χ1v) is 9.03. The summed E-state index contributed by atoms with van der Waals surface area (Å²) >= 11 is 1.53. The molecule has 0 amide bonds. The van der Waals surface area contributed by atoms with Crippen LogP contribution in [0.2, 0.25) is 0 Å². The molecule has 2 heterocycles. The number of carbonyl (C=O) groups is 1. The van der Waals surface area contributed by atoms with Gasteiger partial charge in [0.05, 0.1) is 4.88 Å². The zero-order chi connectivity index (χ0) is 17.2. The number of aromatic nitrogens is 3. The van der Waals surface area contributed by atoms with Gasteiger partial charge in [-0.15, -0.1) is 16.4 Å². The largest absolute Gasteiger partial charge is 0.459 e. The molecule has 0 N–H and O–H groups in total. The number of nitrogens with zero attached hydrogens (tertiary/aromatic N) is 3. The number of hydrogen-bond acceptors (Lipinski definition) is 5. The molecular formula is C18H17N3O3S. The van der Waals surface area contributed by atoms with E-state index in [0.29, 0.717) is 5.82 Å². The molecule has 1 saturated carbocycles. The average Bonchev–Trinajstić information content (AvgIpc) is 3.21. The summed E-state index contributed by atoms with van der Waals surface area (Å²) in [5.41, 5.74) is 0.661. The van der Waals surface area contributed by atoms with Gasteiger partial charge in [-0.05, 0) is 29.9 Å². The van der Waals surface area contributed by atoms with E-state index >= 15 is 0 Å². The summed E-state index contributed by atoms with van der Waals surface area (Å²) in [6.07, 6.45) is 1.95. The molecule has 0 radical (unpaired) electrons. The molecule has 7 heteroatoms. The van der Waals surface area contributed by atoms with E-state index in [1.165, 1.54) is 16.0 Å². The van der Waals surface area contributed by atoms with Crippen LogP contribution in [0.3, 0.4) is 0 Å². The lowest BCUT2D eigenvalue weighted by molar-refractivity contribution is -0.146. The lowest BCUT2D eigenvalue weighted by atomic mass is 10.2. The van der Waals surface area contributed by atoms with Gasteiger partial charge in [-0.3, -0.25) is 9.36 Å². The van der Waals surface area contributed by atoms with Gasteiger partial charge < -0.3 is 4.74 Å². The molecule has 0 aliphatic heterocycles. The van der Waals surface area contributed by atoms with Gasteiger partial charge in [0.15, 0.2) is 5.82 Å². The van der Waals surface area contributed by atoms with Gasteiger partial charge in [0.1, 0.15) is 13.2 Å². The van der Waals surface area contributed by atoms with E-state index in [9.17, 15) is 9.59 Å². The molecule has 2 aromatic heterocycles. The normalized spacial score (nSPS) is 13.8. The molecule has 0 bridgehead atoms. The van der Waals surface area contributed by atoms with E-state index < -0.39 is 5.97 Å². The van der Waals surface area contributed by atoms with Crippen molar-refractivity contribution in [1.29, 1.82) is 0 Å². The van der Waals surface area contributed by atoms with Crippen molar-refractivity contribution >= 4 is 17.3 Å². The molecule has 6 nitrogen and oxygen atoms in total. The maximum atomic E-state index is 12.6. The molecule has 25 heavy (non-hydrogen) atoms. The van der Waals surface area contributed by atoms with Crippen molar-refractivity contribution in [3.8, 4) is 10.7 Å². The first kappa shape index (κ1) is 15.8. The molecule has 4 rings (SSSR count). The van der Waals surface area contributed by atoms with Crippen LogP contribution in [0.5, 0.6) is 0 Å². The fraction of sp³-hybridized carbons (Fsp3) is 0.278. The fourth-order valence-corrected chi connectivity index (χ4v) is 3.37. The third-order valence-corrected chi connectivity index (χ3v) is 4.91. The van der Waals surface area contributed by atoms with Gasteiger partial charge in [0, 0.05) is 6.04 Å². The number of thiophene rings is 1. The summed E-state index contributed by atoms with van der Waals surface area (Å²) in [5, 5.41) is 6.33. The topological polar surface area (TPSA) is 66.1 Å². The molecule has 0 unspecified atom stereocenters. The van der Waals surface area contributed by atoms with Gasteiger partial charge in [0.25, 0.3) is 0 Å². The Morgan fingerprint density at radius 3 is 2.68 bits per heavy atom. The third-order valence-electron chi connectivity index (χ3n) is 4.05. The van der Waals surface area contributed by atoms with Crippen LogP contribution >= 0.6 is 11.3 Å². The van der Waals surface area contributed by atoms with E-state index in [2.05, 4.69) is 5.10 Å². The number of carbonyl (C=O) groups excluding carboxylic acids is 1. The maximum Gasteiger partial charge on any atom is 0.347 e. The average molecular weight is 355 g/mol. The molecule has 1 aliphatic rings. The number of ether oxygens (including phenoxy) is 1. The van der Waals surface area contributed by atoms with Crippen LogP contribution in [0.4, 0.5) is 0 Å². The molecular weight excluding hydrogens is 338 g/mol. The quantitative estimate of drug-likeness (QED) is 0.638. The summed E-state index contributed by atoms with van der Waals surface area (Å²) in [6, 6.07) is 13.5. The van der Waals surface area contributed by atoms with Gasteiger partial charge >= 0.3 is 11.7 Å². The van der Waals surface area contributed by atoms with Crippen LogP contribution in [-0.2, 0) is 22.7 Å². The van der Waals surface area contributed by atoms with E-state index in [4.69, 9.17) is 4.74 Å². The van der Waals surface area contributed by atoms with E-state index in [1.54, 1.807) is 4.57 Å². The second-order valence-electron chi connectivity index (χ2n) is 5.99. The van der Waals surface area contributed by atoms with Crippen LogP contribution in [0, 0.1) is 0 Å². The maximum absolute atomic E-state index is 12.6. The Balaban J connectivity index is 1.51. The first-order valence-electron chi connectivity index (χ1n) is 8.15. The van der Waals surface area contributed by atoms with Crippen molar-refractivity contribution < 1.29 is 9.53 Å². The zero-order valence-electron chi connectivity index (χ0n) is 13.5. The van der Waals surface area contributed by atoms with Gasteiger partial charge in [-0.2, -0.15) is 0 Å². The highest BCUT2D eigenvalue weighted by atomic mass is 32.1. The van der Waals surface area contributed by atoms with Crippen molar-refractivity contribution in [1.82, 2.24) is 14.3 Å². The summed E-state index contributed by atoms with van der Waals surface area (Å²) in [5.74, 6) is 0.169. The van der Waals surface area contributed by atoms with Crippen molar-refractivity contribution in [2.75, 3.05) is 0 Å². The minimum Gasteiger partial charge on any atom is -0.459 e. The Bertz CT molecular complexity index is 924. The predicted octanol–water partition coefficient (Wildman–Crippen LogP) is 2.85. The first-order chi connectivity index (χ1) is 12.2.